The number of halogens is 1. The Kier molecular flexibility index (Phi) is 4.91. The molecule has 1 nitrogen and oxygen atoms in total. The maximum absolute atomic E-state index is 11.0. The van der Waals surface area contributed by atoms with E-state index < -0.39 is 6.67 Å². The molecule has 3 heteroatoms. The van der Waals surface area contributed by atoms with Crippen molar-refractivity contribution < 1.29 is 9.18 Å². The van der Waals surface area contributed by atoms with Crippen LogP contribution in [0.1, 0.15) is 0 Å². The van der Waals surface area contributed by atoms with Gasteiger partial charge in [0.15, 0.2) is 5.62 Å². The first kappa shape index (κ1) is 5.95. The van der Waals surface area contributed by atoms with Gasteiger partial charge in [-0.1, -0.05) is 11.8 Å². The molecule has 0 amide bonds. The Hall–Kier alpha value is -0.0500. The molecule has 0 saturated carbocycles. The summed E-state index contributed by atoms with van der Waals surface area (Å²) < 4.78 is 11.0. The number of carbonyl (C=O) groups is 1. The van der Waals surface area contributed by atoms with Crippen molar-refractivity contribution in [2.24, 2.45) is 0 Å². The number of hydrogen-bond donors (Lipinski definition) is 0. The fraction of sp³-hybridized carbons (Fsp3) is 0.667. The van der Waals surface area contributed by atoms with Gasteiger partial charge in [0, 0.05) is 5.75 Å². The molecular formula is C3H5FOS. The van der Waals surface area contributed by atoms with Crippen LogP contribution in [0.25, 0.3) is 0 Å². The summed E-state index contributed by atoms with van der Waals surface area (Å²) in [7, 11) is 0. The predicted molar refractivity (Wildman–Crippen MR) is 25.2 cm³/mol. The highest BCUT2D eigenvalue weighted by Gasteiger charge is 1.77. The van der Waals surface area contributed by atoms with Crippen molar-refractivity contribution in [3.63, 3.8) is 0 Å². The topological polar surface area (TPSA) is 17.1 Å². The first-order valence-corrected chi connectivity index (χ1v) is 2.58. The van der Waals surface area contributed by atoms with E-state index in [0.29, 0.717) is 11.4 Å². The molecule has 0 aliphatic carbocycles. The van der Waals surface area contributed by atoms with Gasteiger partial charge in [-0.25, -0.2) is 0 Å². The van der Waals surface area contributed by atoms with Crippen molar-refractivity contribution >= 4 is 17.4 Å². The summed E-state index contributed by atoms with van der Waals surface area (Å²) in [5.41, 5.74) is 0.638. The van der Waals surface area contributed by atoms with Gasteiger partial charge in [0.2, 0.25) is 0 Å². The lowest BCUT2D eigenvalue weighted by Crippen LogP contribution is -1.76. The summed E-state index contributed by atoms with van der Waals surface area (Å²) in [5.74, 6) is 0.295. The van der Waals surface area contributed by atoms with Gasteiger partial charge in [-0.05, 0) is 0 Å². The van der Waals surface area contributed by atoms with Crippen molar-refractivity contribution in [3.8, 4) is 0 Å². The quantitative estimate of drug-likeness (QED) is 0.394. The molecule has 0 aliphatic heterocycles. The van der Waals surface area contributed by atoms with Gasteiger partial charge in [-0.15, -0.1) is 0 Å². The zero-order valence-corrected chi connectivity index (χ0v) is 4.00. The average Bonchev–Trinajstić information content (AvgIpc) is 1.61. The van der Waals surface area contributed by atoms with Crippen molar-refractivity contribution in [1.29, 1.82) is 0 Å². The minimum absolute atomic E-state index is 0.295. The Morgan fingerprint density at radius 3 is 2.67 bits per heavy atom. The molecule has 0 fully saturated rings. The smallest absolute Gasteiger partial charge is 0.176 e. The van der Waals surface area contributed by atoms with Gasteiger partial charge in [-0.3, -0.25) is 9.18 Å². The van der Waals surface area contributed by atoms with Gasteiger partial charge in [-0.2, -0.15) is 0 Å². The van der Waals surface area contributed by atoms with Crippen LogP contribution in [-0.2, 0) is 4.79 Å². The van der Waals surface area contributed by atoms with Crippen LogP contribution in [0, 0.1) is 0 Å². The van der Waals surface area contributed by atoms with Crippen LogP contribution in [0.5, 0.6) is 0 Å². The minimum Gasteiger partial charge on any atom is -0.291 e. The fourth-order valence-electron chi connectivity index (χ4n) is 0.0927. The fourth-order valence-corrected chi connectivity index (χ4v) is 0.278. The third-order valence-corrected chi connectivity index (χ3v) is 0.789. The van der Waals surface area contributed by atoms with E-state index in [-0.39, 0.29) is 0 Å². The molecule has 0 aromatic rings. The van der Waals surface area contributed by atoms with Gasteiger partial charge < -0.3 is 0 Å². The summed E-state index contributed by atoms with van der Waals surface area (Å²) in [6.07, 6.45) is 0. The first-order valence-electron chi connectivity index (χ1n) is 1.53. The molecule has 0 heterocycles. The zero-order chi connectivity index (χ0) is 4.83. The Labute approximate surface area is 39.9 Å². The second-order valence-corrected chi connectivity index (χ2v) is 1.59. The van der Waals surface area contributed by atoms with Gasteiger partial charge >= 0.3 is 0 Å². The van der Waals surface area contributed by atoms with Crippen LogP contribution in [0.2, 0.25) is 0 Å². The largest absolute Gasteiger partial charge is 0.291 e. The summed E-state index contributed by atoms with van der Waals surface area (Å²) in [6.45, 7) is -0.413. The molecule has 6 heavy (non-hydrogen) atoms. The van der Waals surface area contributed by atoms with E-state index in [1.165, 1.54) is 0 Å². The average molecular weight is 108 g/mol. The second-order valence-electron chi connectivity index (χ2n) is 0.656. The Morgan fingerprint density at radius 2 is 2.50 bits per heavy atom. The first-order chi connectivity index (χ1) is 2.91. The minimum atomic E-state index is -0.413. The maximum Gasteiger partial charge on any atom is 0.176 e. The van der Waals surface area contributed by atoms with E-state index >= 15 is 0 Å². The molecular weight excluding hydrogens is 103 g/mol. The molecule has 0 unspecified atom stereocenters. The summed E-state index contributed by atoms with van der Waals surface area (Å²) >= 11 is 0.953. The third-order valence-electron chi connectivity index (χ3n) is 0.263. The van der Waals surface area contributed by atoms with Crippen LogP contribution in [0.15, 0.2) is 0 Å². The van der Waals surface area contributed by atoms with Crippen LogP contribution < -0.4 is 0 Å². The Morgan fingerprint density at radius 1 is 1.83 bits per heavy atom. The van der Waals surface area contributed by atoms with E-state index in [4.69, 9.17) is 0 Å². The Balaban J connectivity index is 2.49. The van der Waals surface area contributed by atoms with Crippen molar-refractivity contribution in [1.82, 2.24) is 0 Å². The van der Waals surface area contributed by atoms with Crippen molar-refractivity contribution in [2.75, 3.05) is 12.4 Å². The van der Waals surface area contributed by atoms with Crippen molar-refractivity contribution in [3.05, 3.63) is 0 Å². The molecule has 0 atom stereocenters. The maximum atomic E-state index is 11.0. The predicted octanol–water partition coefficient (Wildman–Crippen LogP) is 0.879. The number of rotatable bonds is 3. The van der Waals surface area contributed by atoms with E-state index in [1.807, 2.05) is 0 Å². The summed E-state index contributed by atoms with van der Waals surface area (Å²) in [6, 6.07) is 0. The van der Waals surface area contributed by atoms with E-state index in [2.05, 4.69) is 0 Å². The SMILES string of the molecule is O=CSCCF. The number of thioether (sulfide) groups is 1. The molecule has 0 saturated heterocycles. The molecule has 0 rings (SSSR count). The number of carbonyl (C=O) groups excluding carboxylic acids is 1. The van der Waals surface area contributed by atoms with Crippen LogP contribution in [0.4, 0.5) is 4.39 Å². The van der Waals surface area contributed by atoms with Crippen LogP contribution in [0.3, 0.4) is 0 Å². The highest BCUT2D eigenvalue weighted by Crippen LogP contribution is 1.89. The number of hydrogen-bond acceptors (Lipinski definition) is 2. The molecule has 36 valence electrons. The van der Waals surface area contributed by atoms with E-state index in [0.717, 1.165) is 11.8 Å². The molecule has 0 spiro atoms. The van der Waals surface area contributed by atoms with E-state index in [9.17, 15) is 9.18 Å². The summed E-state index contributed by atoms with van der Waals surface area (Å²) in [5, 5.41) is 0. The molecule has 0 N–H and O–H groups in total. The molecule has 0 radical (unpaired) electrons. The monoisotopic (exact) mass is 108 g/mol. The van der Waals surface area contributed by atoms with Crippen molar-refractivity contribution in [2.45, 2.75) is 0 Å². The highest BCUT2D eigenvalue weighted by atomic mass is 32.2. The second kappa shape index (κ2) is 4.95. The molecule has 0 aromatic heterocycles. The standard InChI is InChI=1S/C3H5FOS/c4-1-2-6-3-5/h3H,1-2H2. The molecule has 0 bridgehead atoms. The lowest BCUT2D eigenvalue weighted by atomic mass is 10.9. The Bertz CT molecular complexity index is 39.8. The summed E-state index contributed by atoms with van der Waals surface area (Å²) in [4.78, 5) is 9.36. The third kappa shape index (κ3) is 3.95. The van der Waals surface area contributed by atoms with Gasteiger partial charge in [0.1, 0.15) is 0 Å². The van der Waals surface area contributed by atoms with Gasteiger partial charge in [0.05, 0.1) is 6.67 Å². The lowest BCUT2D eigenvalue weighted by molar-refractivity contribution is 0.532. The van der Waals surface area contributed by atoms with Gasteiger partial charge in [0.25, 0.3) is 0 Å². The van der Waals surface area contributed by atoms with Crippen LogP contribution in [-0.4, -0.2) is 18.0 Å². The van der Waals surface area contributed by atoms with Crippen LogP contribution >= 0.6 is 11.8 Å². The zero-order valence-electron chi connectivity index (χ0n) is 3.19. The number of alkyl halides is 1. The molecule has 0 aliphatic rings. The molecule has 0 aromatic carbocycles. The normalized spacial score (nSPS) is 8.17. The highest BCUT2D eigenvalue weighted by molar-refractivity contribution is 8.11. The van der Waals surface area contributed by atoms with E-state index in [1.54, 1.807) is 0 Å². The lowest BCUT2D eigenvalue weighted by Gasteiger charge is -1.76.